The highest BCUT2D eigenvalue weighted by atomic mass is 14.9. The quantitative estimate of drug-likeness (QED) is 0.779. The third-order valence-corrected chi connectivity index (χ3v) is 3.54. The molecule has 1 N–H and O–H groups in total. The number of benzene rings is 1. The van der Waals surface area contributed by atoms with Crippen LogP contribution in [0.3, 0.4) is 0 Å². The summed E-state index contributed by atoms with van der Waals surface area (Å²) in [5.74, 6) is 0. The van der Waals surface area contributed by atoms with Crippen molar-refractivity contribution in [1.82, 2.24) is 20.3 Å². The SMILES string of the molecule is CCNC(Cc1ccncc1)c1ccc2nccnc2c1. The van der Waals surface area contributed by atoms with Crippen molar-refractivity contribution in [2.24, 2.45) is 0 Å². The zero-order valence-corrected chi connectivity index (χ0v) is 12.0. The summed E-state index contributed by atoms with van der Waals surface area (Å²) in [6.45, 7) is 3.05. The summed E-state index contributed by atoms with van der Waals surface area (Å²) in [7, 11) is 0. The number of fused-ring (bicyclic) bond motifs is 1. The minimum absolute atomic E-state index is 0.267. The van der Waals surface area contributed by atoms with Crippen LogP contribution >= 0.6 is 0 Å². The molecule has 3 rings (SSSR count). The Morgan fingerprint density at radius 3 is 2.48 bits per heavy atom. The van der Waals surface area contributed by atoms with E-state index in [0.29, 0.717) is 0 Å². The van der Waals surface area contributed by atoms with Crippen molar-refractivity contribution >= 4 is 11.0 Å². The summed E-state index contributed by atoms with van der Waals surface area (Å²) in [4.78, 5) is 12.8. The normalized spacial score (nSPS) is 12.4. The van der Waals surface area contributed by atoms with Gasteiger partial charge in [0.1, 0.15) is 0 Å². The van der Waals surface area contributed by atoms with E-state index in [1.807, 2.05) is 18.5 Å². The first-order chi connectivity index (χ1) is 10.4. The topological polar surface area (TPSA) is 50.7 Å². The van der Waals surface area contributed by atoms with Crippen molar-refractivity contribution in [3.05, 3.63) is 66.2 Å². The molecule has 106 valence electrons. The maximum atomic E-state index is 4.39. The summed E-state index contributed by atoms with van der Waals surface area (Å²) in [5, 5.41) is 3.54. The highest BCUT2D eigenvalue weighted by molar-refractivity contribution is 5.74. The number of aromatic nitrogens is 3. The van der Waals surface area contributed by atoms with Crippen LogP contribution in [-0.4, -0.2) is 21.5 Å². The van der Waals surface area contributed by atoms with Gasteiger partial charge in [-0.2, -0.15) is 0 Å². The van der Waals surface area contributed by atoms with Crippen molar-refractivity contribution in [3.8, 4) is 0 Å². The largest absolute Gasteiger partial charge is 0.310 e. The van der Waals surface area contributed by atoms with Crippen LogP contribution in [0.1, 0.15) is 24.1 Å². The molecule has 2 aromatic heterocycles. The van der Waals surface area contributed by atoms with E-state index in [1.54, 1.807) is 12.4 Å². The van der Waals surface area contributed by atoms with Crippen LogP contribution in [0.15, 0.2) is 55.1 Å². The Bertz CT molecular complexity index is 712. The first kappa shape index (κ1) is 13.6. The van der Waals surface area contributed by atoms with Gasteiger partial charge in [0.05, 0.1) is 11.0 Å². The molecule has 21 heavy (non-hydrogen) atoms. The van der Waals surface area contributed by atoms with Crippen LogP contribution in [-0.2, 0) is 6.42 Å². The second kappa shape index (κ2) is 6.41. The van der Waals surface area contributed by atoms with E-state index in [-0.39, 0.29) is 6.04 Å². The average Bonchev–Trinajstić information content (AvgIpc) is 2.55. The van der Waals surface area contributed by atoms with E-state index in [1.165, 1.54) is 11.1 Å². The van der Waals surface area contributed by atoms with E-state index in [9.17, 15) is 0 Å². The lowest BCUT2D eigenvalue weighted by Gasteiger charge is -2.18. The molecule has 0 spiro atoms. The molecule has 3 aromatic rings. The maximum Gasteiger partial charge on any atom is 0.0890 e. The van der Waals surface area contributed by atoms with Crippen LogP contribution in [0.2, 0.25) is 0 Å². The monoisotopic (exact) mass is 278 g/mol. The van der Waals surface area contributed by atoms with Crippen LogP contribution in [0, 0.1) is 0 Å². The molecular formula is C17H18N4. The number of nitrogens with zero attached hydrogens (tertiary/aromatic N) is 3. The van der Waals surface area contributed by atoms with Crippen molar-refractivity contribution in [2.45, 2.75) is 19.4 Å². The Morgan fingerprint density at radius 2 is 1.71 bits per heavy atom. The van der Waals surface area contributed by atoms with Crippen LogP contribution in [0.5, 0.6) is 0 Å². The van der Waals surface area contributed by atoms with Gasteiger partial charge < -0.3 is 5.32 Å². The molecule has 1 atom stereocenters. The number of hydrogen-bond donors (Lipinski definition) is 1. The zero-order valence-electron chi connectivity index (χ0n) is 12.0. The summed E-state index contributed by atoms with van der Waals surface area (Å²) in [6.07, 6.45) is 8.06. The van der Waals surface area contributed by atoms with E-state index >= 15 is 0 Å². The number of rotatable bonds is 5. The van der Waals surface area contributed by atoms with Gasteiger partial charge in [0.15, 0.2) is 0 Å². The molecule has 0 aliphatic heterocycles. The van der Waals surface area contributed by atoms with E-state index in [2.05, 4.69) is 51.5 Å². The van der Waals surface area contributed by atoms with Crippen LogP contribution < -0.4 is 5.32 Å². The van der Waals surface area contributed by atoms with Crippen molar-refractivity contribution in [1.29, 1.82) is 0 Å². The third-order valence-electron chi connectivity index (χ3n) is 3.54. The van der Waals surface area contributed by atoms with Crippen molar-refractivity contribution in [2.75, 3.05) is 6.54 Å². The molecular weight excluding hydrogens is 260 g/mol. The molecule has 0 aliphatic carbocycles. The minimum atomic E-state index is 0.267. The molecule has 1 unspecified atom stereocenters. The second-order valence-electron chi connectivity index (χ2n) is 4.97. The van der Waals surface area contributed by atoms with E-state index < -0.39 is 0 Å². The number of likely N-dealkylation sites (N-methyl/N-ethyl adjacent to an activating group) is 1. The lowest BCUT2D eigenvalue weighted by molar-refractivity contribution is 0.550. The summed E-state index contributed by atoms with van der Waals surface area (Å²) in [6, 6.07) is 10.7. The van der Waals surface area contributed by atoms with Crippen LogP contribution in [0.4, 0.5) is 0 Å². The fraction of sp³-hybridized carbons (Fsp3) is 0.235. The average molecular weight is 278 g/mol. The Hall–Kier alpha value is -2.33. The molecule has 2 heterocycles. The predicted octanol–water partition coefficient (Wildman–Crippen LogP) is 2.92. The minimum Gasteiger partial charge on any atom is -0.310 e. The molecule has 4 heteroatoms. The van der Waals surface area contributed by atoms with Gasteiger partial charge in [0.2, 0.25) is 0 Å². The zero-order chi connectivity index (χ0) is 14.5. The van der Waals surface area contributed by atoms with E-state index in [0.717, 1.165) is 24.0 Å². The molecule has 0 bridgehead atoms. The molecule has 0 fully saturated rings. The first-order valence-corrected chi connectivity index (χ1v) is 7.20. The summed E-state index contributed by atoms with van der Waals surface area (Å²) >= 11 is 0. The first-order valence-electron chi connectivity index (χ1n) is 7.20. The lowest BCUT2D eigenvalue weighted by atomic mass is 9.99. The maximum absolute atomic E-state index is 4.39. The van der Waals surface area contributed by atoms with Crippen molar-refractivity contribution < 1.29 is 0 Å². The number of pyridine rings is 1. The number of nitrogens with one attached hydrogen (secondary N) is 1. The van der Waals surface area contributed by atoms with Gasteiger partial charge in [0, 0.05) is 30.8 Å². The van der Waals surface area contributed by atoms with Gasteiger partial charge in [-0.1, -0.05) is 13.0 Å². The summed E-state index contributed by atoms with van der Waals surface area (Å²) < 4.78 is 0. The highest BCUT2D eigenvalue weighted by Crippen LogP contribution is 2.21. The Balaban J connectivity index is 1.91. The molecule has 0 radical (unpaired) electrons. The smallest absolute Gasteiger partial charge is 0.0890 e. The number of hydrogen-bond acceptors (Lipinski definition) is 4. The Labute approximate surface area is 124 Å². The predicted molar refractivity (Wildman–Crippen MR) is 83.9 cm³/mol. The Kier molecular flexibility index (Phi) is 4.17. The van der Waals surface area contributed by atoms with Gasteiger partial charge in [0.25, 0.3) is 0 Å². The standard InChI is InChI=1S/C17H18N4/c1-2-19-16(11-13-5-7-18-8-6-13)14-3-4-15-17(12-14)21-10-9-20-15/h3-10,12,16,19H,2,11H2,1H3. The molecule has 0 saturated heterocycles. The summed E-state index contributed by atoms with van der Waals surface area (Å²) in [5.41, 5.74) is 4.38. The van der Waals surface area contributed by atoms with Gasteiger partial charge >= 0.3 is 0 Å². The molecule has 1 aromatic carbocycles. The second-order valence-corrected chi connectivity index (χ2v) is 4.97. The van der Waals surface area contributed by atoms with Gasteiger partial charge in [-0.25, -0.2) is 0 Å². The fourth-order valence-corrected chi connectivity index (χ4v) is 2.51. The molecule has 0 saturated carbocycles. The van der Waals surface area contributed by atoms with Gasteiger partial charge in [-0.15, -0.1) is 0 Å². The molecule has 0 amide bonds. The lowest BCUT2D eigenvalue weighted by Crippen LogP contribution is -2.23. The third kappa shape index (κ3) is 3.23. The fourth-order valence-electron chi connectivity index (χ4n) is 2.51. The molecule has 0 aliphatic rings. The molecule has 4 nitrogen and oxygen atoms in total. The van der Waals surface area contributed by atoms with Gasteiger partial charge in [-0.05, 0) is 48.4 Å². The van der Waals surface area contributed by atoms with E-state index in [4.69, 9.17) is 0 Å². The van der Waals surface area contributed by atoms with Crippen molar-refractivity contribution in [3.63, 3.8) is 0 Å². The highest BCUT2D eigenvalue weighted by Gasteiger charge is 2.12. The van der Waals surface area contributed by atoms with Crippen LogP contribution in [0.25, 0.3) is 11.0 Å². The Morgan fingerprint density at radius 1 is 0.952 bits per heavy atom. The van der Waals surface area contributed by atoms with Gasteiger partial charge in [-0.3, -0.25) is 15.0 Å².